The number of hydrogen-bond acceptors (Lipinski definition) is 6. The number of carboxylic acid groups (broad SMARTS) is 1. The number of hydrogen-bond donors (Lipinski definition) is 4. The van der Waals surface area contributed by atoms with Crippen LogP contribution in [0, 0.1) is 17.6 Å². The molecule has 0 saturated carbocycles. The van der Waals surface area contributed by atoms with Gasteiger partial charge in [-0.3, -0.25) is 19.3 Å². The molecule has 1 fully saturated rings. The van der Waals surface area contributed by atoms with E-state index >= 15 is 0 Å². The molecule has 3 atom stereocenters. The lowest BCUT2D eigenvalue weighted by Crippen LogP contribution is -2.57. The van der Waals surface area contributed by atoms with E-state index in [-0.39, 0.29) is 12.5 Å². The van der Waals surface area contributed by atoms with Gasteiger partial charge in [-0.25, -0.2) is 13.6 Å². The van der Waals surface area contributed by atoms with E-state index in [0.29, 0.717) is 42.9 Å². The third kappa shape index (κ3) is 5.83. The number of amides is 4. The standard InChI is InChI=1S/C27H31F2N5O6/c1-14(33(2)27(38)39)24(35)31-21(15-8-10-40-11-9-15)26(37)34-13-16-12-17(30)6-7-18(16)23(34)25(36)32-22-19(28)4-3-5-20(22)29/h3-7,12,14-15,21,23H,8-11,13,30H2,1-2H3,(H,31,35)(H,32,36)(H,38,39)/t14?,21-,23-/m0/s1. The Labute approximate surface area is 229 Å². The Bertz CT molecular complexity index is 1300. The van der Waals surface area contributed by atoms with Gasteiger partial charge in [0.15, 0.2) is 0 Å². The molecule has 4 rings (SSSR count). The maximum Gasteiger partial charge on any atom is 0.407 e. The van der Waals surface area contributed by atoms with E-state index in [4.69, 9.17) is 10.5 Å². The van der Waals surface area contributed by atoms with Gasteiger partial charge in [0.1, 0.15) is 35.4 Å². The number of benzene rings is 2. The normalized spacial score (nSPS) is 18.4. The monoisotopic (exact) mass is 559 g/mol. The van der Waals surface area contributed by atoms with Crippen molar-refractivity contribution in [2.45, 2.75) is 44.4 Å². The number of likely N-dealkylation sites (N-methyl/N-ethyl adjacent to an activating group) is 1. The first-order valence-corrected chi connectivity index (χ1v) is 12.8. The van der Waals surface area contributed by atoms with Gasteiger partial charge in [-0.15, -0.1) is 0 Å². The zero-order valence-corrected chi connectivity index (χ0v) is 22.0. The van der Waals surface area contributed by atoms with Gasteiger partial charge in [0.25, 0.3) is 5.91 Å². The molecule has 0 aromatic heterocycles. The summed E-state index contributed by atoms with van der Waals surface area (Å²) in [5.41, 5.74) is 6.68. The number of carbonyl (C=O) groups is 4. The van der Waals surface area contributed by atoms with Crippen LogP contribution in [-0.4, -0.2) is 71.1 Å². The molecule has 0 bridgehead atoms. The molecule has 13 heteroatoms. The second kappa shape index (κ2) is 11.9. The highest BCUT2D eigenvalue weighted by Gasteiger charge is 2.44. The van der Waals surface area contributed by atoms with Crippen molar-refractivity contribution in [3.63, 3.8) is 0 Å². The number of nitrogens with zero attached hydrogens (tertiary/aromatic N) is 2. The summed E-state index contributed by atoms with van der Waals surface area (Å²) in [5, 5.41) is 14.3. The molecule has 0 spiro atoms. The Morgan fingerprint density at radius 2 is 1.77 bits per heavy atom. The summed E-state index contributed by atoms with van der Waals surface area (Å²) in [4.78, 5) is 54.2. The van der Waals surface area contributed by atoms with Gasteiger partial charge < -0.3 is 31.1 Å². The van der Waals surface area contributed by atoms with Gasteiger partial charge in [0, 0.05) is 32.5 Å². The summed E-state index contributed by atoms with van der Waals surface area (Å²) in [6, 6.07) is 4.39. The lowest BCUT2D eigenvalue weighted by atomic mass is 9.90. The topological polar surface area (TPSA) is 154 Å². The Hall–Kier alpha value is -4.26. The second-order valence-electron chi connectivity index (χ2n) is 9.92. The maximum absolute atomic E-state index is 14.4. The number of para-hydroxylation sites is 1. The lowest BCUT2D eigenvalue weighted by molar-refractivity contribution is -0.144. The highest BCUT2D eigenvalue weighted by Crippen LogP contribution is 2.37. The van der Waals surface area contributed by atoms with Crippen LogP contribution in [0.3, 0.4) is 0 Å². The van der Waals surface area contributed by atoms with Crippen LogP contribution in [0.2, 0.25) is 0 Å². The van der Waals surface area contributed by atoms with Gasteiger partial charge in [-0.05, 0) is 61.1 Å². The van der Waals surface area contributed by atoms with Crippen LogP contribution in [0.15, 0.2) is 36.4 Å². The van der Waals surface area contributed by atoms with Gasteiger partial charge in [0.2, 0.25) is 11.8 Å². The molecular formula is C27H31F2N5O6. The largest absolute Gasteiger partial charge is 0.465 e. The number of carbonyl (C=O) groups excluding carboxylic acids is 3. The average Bonchev–Trinajstić information content (AvgIpc) is 3.31. The van der Waals surface area contributed by atoms with E-state index in [1.165, 1.54) is 18.9 Å². The van der Waals surface area contributed by atoms with Gasteiger partial charge in [-0.1, -0.05) is 12.1 Å². The molecular weight excluding hydrogens is 528 g/mol. The predicted molar refractivity (Wildman–Crippen MR) is 140 cm³/mol. The third-order valence-electron chi connectivity index (χ3n) is 7.42. The number of fused-ring (bicyclic) bond motifs is 1. The molecule has 2 aliphatic heterocycles. The number of ether oxygens (including phenoxy) is 1. The van der Waals surface area contributed by atoms with E-state index in [1.807, 2.05) is 0 Å². The zero-order chi connectivity index (χ0) is 29.1. The van der Waals surface area contributed by atoms with Crippen molar-refractivity contribution in [1.82, 2.24) is 15.1 Å². The van der Waals surface area contributed by atoms with Crippen molar-refractivity contribution in [2.24, 2.45) is 5.92 Å². The lowest BCUT2D eigenvalue weighted by Gasteiger charge is -2.35. The van der Waals surface area contributed by atoms with E-state index in [2.05, 4.69) is 10.6 Å². The molecule has 11 nitrogen and oxygen atoms in total. The summed E-state index contributed by atoms with van der Waals surface area (Å²) >= 11 is 0. The van der Waals surface area contributed by atoms with Crippen molar-refractivity contribution < 1.29 is 37.8 Å². The van der Waals surface area contributed by atoms with Crippen LogP contribution < -0.4 is 16.4 Å². The molecule has 40 heavy (non-hydrogen) atoms. The smallest absolute Gasteiger partial charge is 0.407 e. The van der Waals surface area contributed by atoms with Crippen molar-refractivity contribution in [3.8, 4) is 0 Å². The van der Waals surface area contributed by atoms with Crippen molar-refractivity contribution in [3.05, 3.63) is 59.2 Å². The molecule has 0 radical (unpaired) electrons. The SMILES string of the molecule is CC(C(=O)N[C@H](C(=O)N1Cc2cc(N)ccc2[C@H]1C(=O)Nc1c(F)cccc1F)C1CCOCC1)N(C)C(=O)O. The van der Waals surface area contributed by atoms with Crippen LogP contribution in [0.25, 0.3) is 0 Å². The number of halogens is 2. The molecule has 2 aliphatic rings. The van der Waals surface area contributed by atoms with Crippen molar-refractivity contribution in [1.29, 1.82) is 0 Å². The molecule has 214 valence electrons. The molecule has 5 N–H and O–H groups in total. The Balaban J connectivity index is 1.68. The minimum Gasteiger partial charge on any atom is -0.465 e. The fourth-order valence-corrected chi connectivity index (χ4v) is 4.99. The number of nitrogens with two attached hydrogens (primary N) is 1. The first-order chi connectivity index (χ1) is 19.0. The minimum atomic E-state index is -1.32. The first kappa shape index (κ1) is 28.7. The molecule has 0 aliphatic carbocycles. The van der Waals surface area contributed by atoms with Crippen LogP contribution >= 0.6 is 0 Å². The van der Waals surface area contributed by atoms with Crippen molar-refractivity contribution >= 4 is 35.2 Å². The predicted octanol–water partition coefficient (Wildman–Crippen LogP) is 2.48. The summed E-state index contributed by atoms with van der Waals surface area (Å²) in [6.07, 6.45) is -0.447. The third-order valence-corrected chi connectivity index (χ3v) is 7.42. The summed E-state index contributed by atoms with van der Waals surface area (Å²) in [7, 11) is 1.24. The average molecular weight is 560 g/mol. The number of rotatable bonds is 7. The van der Waals surface area contributed by atoms with Crippen LogP contribution in [0.4, 0.5) is 25.0 Å². The maximum atomic E-state index is 14.4. The molecule has 1 saturated heterocycles. The summed E-state index contributed by atoms with van der Waals surface area (Å²) in [6.45, 7) is 2.05. The fraction of sp³-hybridized carbons (Fsp3) is 0.407. The van der Waals surface area contributed by atoms with Crippen LogP contribution in [0.1, 0.15) is 36.9 Å². The molecule has 2 heterocycles. The van der Waals surface area contributed by atoms with Gasteiger partial charge >= 0.3 is 6.09 Å². The van der Waals surface area contributed by atoms with E-state index in [1.54, 1.807) is 18.2 Å². The molecule has 1 unspecified atom stereocenters. The zero-order valence-electron chi connectivity index (χ0n) is 22.0. The number of nitrogens with one attached hydrogen (secondary N) is 2. The highest BCUT2D eigenvalue weighted by atomic mass is 19.1. The molecule has 2 aromatic rings. The Morgan fingerprint density at radius 1 is 1.12 bits per heavy atom. The van der Waals surface area contributed by atoms with Crippen LogP contribution in [0.5, 0.6) is 0 Å². The summed E-state index contributed by atoms with van der Waals surface area (Å²) < 4.78 is 34.1. The Kier molecular flexibility index (Phi) is 8.52. The summed E-state index contributed by atoms with van der Waals surface area (Å²) in [5.74, 6) is -4.47. The van der Waals surface area contributed by atoms with Gasteiger partial charge in [-0.2, -0.15) is 0 Å². The quantitative estimate of drug-likeness (QED) is 0.380. The highest BCUT2D eigenvalue weighted by molar-refractivity contribution is 6.00. The number of anilines is 2. The van der Waals surface area contributed by atoms with E-state index in [0.717, 1.165) is 23.1 Å². The van der Waals surface area contributed by atoms with E-state index < -0.39 is 59.3 Å². The first-order valence-electron chi connectivity index (χ1n) is 12.8. The number of nitrogen functional groups attached to an aromatic ring is 1. The fourth-order valence-electron chi connectivity index (χ4n) is 4.99. The second-order valence-corrected chi connectivity index (χ2v) is 9.92. The van der Waals surface area contributed by atoms with Gasteiger partial charge in [0.05, 0.1) is 0 Å². The molecule has 4 amide bonds. The Morgan fingerprint density at radius 3 is 2.40 bits per heavy atom. The molecule has 2 aromatic carbocycles. The minimum absolute atomic E-state index is 0.0444. The van der Waals surface area contributed by atoms with Crippen molar-refractivity contribution in [2.75, 3.05) is 31.3 Å². The van der Waals surface area contributed by atoms with E-state index in [9.17, 15) is 33.1 Å². The van der Waals surface area contributed by atoms with Crippen LogP contribution in [-0.2, 0) is 25.7 Å².